The molecule has 6 nitrogen and oxygen atoms in total. The molecule has 2 aromatic carbocycles. The van der Waals surface area contributed by atoms with Crippen LogP contribution in [0.3, 0.4) is 0 Å². The van der Waals surface area contributed by atoms with Crippen molar-refractivity contribution in [2.45, 2.75) is 33.1 Å². The van der Waals surface area contributed by atoms with Crippen molar-refractivity contribution in [1.82, 2.24) is 10.6 Å². The molecule has 0 saturated carbocycles. The molecular weight excluding hydrogens is 342 g/mol. The quantitative estimate of drug-likeness (QED) is 0.790. The second-order valence-corrected chi connectivity index (χ2v) is 6.75. The zero-order valence-corrected chi connectivity index (χ0v) is 15.7. The van der Waals surface area contributed by atoms with Crippen molar-refractivity contribution in [2.75, 3.05) is 18.0 Å². The standard InChI is InChI=1S/C21H25N3O3/c1-15(2)27-14-18-7-4-3-6-17(18)13-23-20(25)16-8-5-9-19(12-16)24-11-10-22-21(24)26/h3-9,12,15H,10-11,13-14H2,1-2H3,(H,22,26)(H,23,25). The molecule has 0 aromatic heterocycles. The molecule has 2 N–H and O–H groups in total. The average Bonchev–Trinajstić information content (AvgIpc) is 3.11. The zero-order valence-electron chi connectivity index (χ0n) is 15.7. The molecule has 1 saturated heterocycles. The van der Waals surface area contributed by atoms with E-state index in [0.29, 0.717) is 31.8 Å². The van der Waals surface area contributed by atoms with Gasteiger partial charge in [-0.2, -0.15) is 0 Å². The first-order chi connectivity index (χ1) is 13.0. The van der Waals surface area contributed by atoms with Gasteiger partial charge in [-0.15, -0.1) is 0 Å². The molecule has 0 radical (unpaired) electrons. The van der Waals surface area contributed by atoms with Crippen LogP contribution in [0.2, 0.25) is 0 Å². The Labute approximate surface area is 159 Å². The Bertz CT molecular complexity index is 820. The fourth-order valence-corrected chi connectivity index (χ4v) is 2.94. The Morgan fingerprint density at radius 2 is 1.96 bits per heavy atom. The van der Waals surface area contributed by atoms with Crippen molar-refractivity contribution < 1.29 is 14.3 Å². The largest absolute Gasteiger partial charge is 0.374 e. The first-order valence-corrected chi connectivity index (χ1v) is 9.16. The number of carbonyl (C=O) groups excluding carboxylic acids is 2. The normalized spacial score (nSPS) is 13.7. The number of urea groups is 1. The summed E-state index contributed by atoms with van der Waals surface area (Å²) >= 11 is 0. The highest BCUT2D eigenvalue weighted by Crippen LogP contribution is 2.18. The third-order valence-corrected chi connectivity index (χ3v) is 4.41. The van der Waals surface area contributed by atoms with Crippen LogP contribution in [-0.2, 0) is 17.9 Å². The van der Waals surface area contributed by atoms with E-state index in [4.69, 9.17) is 4.74 Å². The minimum absolute atomic E-state index is 0.133. The Morgan fingerprint density at radius 1 is 1.19 bits per heavy atom. The molecule has 27 heavy (non-hydrogen) atoms. The number of carbonyl (C=O) groups is 2. The summed E-state index contributed by atoms with van der Waals surface area (Å²) in [6.07, 6.45) is 0.151. The number of hydrogen-bond donors (Lipinski definition) is 2. The molecule has 1 aliphatic heterocycles. The lowest BCUT2D eigenvalue weighted by Crippen LogP contribution is -2.28. The molecular formula is C21H25N3O3. The van der Waals surface area contributed by atoms with Crippen molar-refractivity contribution in [3.8, 4) is 0 Å². The third-order valence-electron chi connectivity index (χ3n) is 4.41. The van der Waals surface area contributed by atoms with Crippen LogP contribution in [0, 0.1) is 0 Å². The van der Waals surface area contributed by atoms with Crippen LogP contribution in [0.4, 0.5) is 10.5 Å². The van der Waals surface area contributed by atoms with Gasteiger partial charge in [0.25, 0.3) is 5.91 Å². The minimum atomic E-state index is -0.170. The van der Waals surface area contributed by atoms with Crippen LogP contribution in [0.25, 0.3) is 0 Å². The molecule has 0 atom stereocenters. The zero-order chi connectivity index (χ0) is 19.2. The van der Waals surface area contributed by atoms with Crippen LogP contribution >= 0.6 is 0 Å². The van der Waals surface area contributed by atoms with Crippen molar-refractivity contribution >= 4 is 17.6 Å². The van der Waals surface area contributed by atoms with Gasteiger partial charge in [0.2, 0.25) is 0 Å². The van der Waals surface area contributed by atoms with Crippen LogP contribution in [0.15, 0.2) is 48.5 Å². The lowest BCUT2D eigenvalue weighted by atomic mass is 10.1. The number of benzene rings is 2. The highest BCUT2D eigenvalue weighted by molar-refractivity contribution is 5.98. The second-order valence-electron chi connectivity index (χ2n) is 6.75. The SMILES string of the molecule is CC(C)OCc1ccccc1CNC(=O)c1cccc(N2CCNC2=O)c1. The Hall–Kier alpha value is -2.86. The summed E-state index contributed by atoms with van der Waals surface area (Å²) < 4.78 is 5.69. The Morgan fingerprint density at radius 3 is 2.67 bits per heavy atom. The highest BCUT2D eigenvalue weighted by Gasteiger charge is 2.21. The Kier molecular flexibility index (Phi) is 6.08. The fourth-order valence-electron chi connectivity index (χ4n) is 2.94. The van der Waals surface area contributed by atoms with Gasteiger partial charge in [0.1, 0.15) is 0 Å². The number of amides is 3. The molecule has 0 spiro atoms. The van der Waals surface area contributed by atoms with Crippen LogP contribution in [-0.4, -0.2) is 31.1 Å². The van der Waals surface area contributed by atoms with Gasteiger partial charge in [0, 0.05) is 30.9 Å². The smallest absolute Gasteiger partial charge is 0.321 e. The van der Waals surface area contributed by atoms with E-state index < -0.39 is 0 Å². The first-order valence-electron chi connectivity index (χ1n) is 9.16. The summed E-state index contributed by atoms with van der Waals surface area (Å²) in [5.41, 5.74) is 3.35. The maximum atomic E-state index is 12.6. The number of nitrogens with one attached hydrogen (secondary N) is 2. The predicted molar refractivity (Wildman–Crippen MR) is 105 cm³/mol. The molecule has 142 valence electrons. The summed E-state index contributed by atoms with van der Waals surface area (Å²) in [6, 6.07) is 14.9. The summed E-state index contributed by atoms with van der Waals surface area (Å²) in [6.45, 7) is 6.15. The van der Waals surface area contributed by atoms with Crippen molar-refractivity contribution in [2.24, 2.45) is 0 Å². The van der Waals surface area contributed by atoms with E-state index in [1.165, 1.54) is 0 Å². The summed E-state index contributed by atoms with van der Waals surface area (Å²) in [5, 5.41) is 5.72. The maximum Gasteiger partial charge on any atom is 0.321 e. The fraction of sp³-hybridized carbons (Fsp3) is 0.333. The van der Waals surface area contributed by atoms with Crippen molar-refractivity contribution in [1.29, 1.82) is 0 Å². The van der Waals surface area contributed by atoms with E-state index in [2.05, 4.69) is 10.6 Å². The number of hydrogen-bond acceptors (Lipinski definition) is 3. The molecule has 0 unspecified atom stereocenters. The summed E-state index contributed by atoms with van der Waals surface area (Å²) in [7, 11) is 0. The maximum absolute atomic E-state index is 12.6. The molecule has 3 amide bonds. The minimum Gasteiger partial charge on any atom is -0.374 e. The summed E-state index contributed by atoms with van der Waals surface area (Å²) in [4.78, 5) is 26.0. The molecule has 1 heterocycles. The van der Waals surface area contributed by atoms with Crippen LogP contribution in [0.1, 0.15) is 35.3 Å². The van der Waals surface area contributed by atoms with E-state index >= 15 is 0 Å². The van der Waals surface area contributed by atoms with Crippen molar-refractivity contribution in [3.05, 3.63) is 65.2 Å². The first kappa shape index (κ1) is 18.9. The predicted octanol–water partition coefficient (Wildman–Crippen LogP) is 3.07. The number of anilines is 1. The molecule has 3 rings (SSSR count). The van der Waals surface area contributed by atoms with E-state index in [9.17, 15) is 9.59 Å². The van der Waals surface area contributed by atoms with E-state index in [1.54, 1.807) is 23.1 Å². The average molecular weight is 367 g/mol. The van der Waals surface area contributed by atoms with Gasteiger partial charge in [0.05, 0.1) is 12.7 Å². The summed E-state index contributed by atoms with van der Waals surface area (Å²) in [5.74, 6) is -0.170. The second kappa shape index (κ2) is 8.68. The number of ether oxygens (including phenoxy) is 1. The molecule has 1 fully saturated rings. The molecule has 2 aromatic rings. The third kappa shape index (κ3) is 4.86. The van der Waals surface area contributed by atoms with Gasteiger partial charge >= 0.3 is 6.03 Å². The molecule has 1 aliphatic rings. The van der Waals surface area contributed by atoms with Gasteiger partial charge in [-0.1, -0.05) is 30.3 Å². The van der Waals surface area contributed by atoms with E-state index in [0.717, 1.165) is 16.8 Å². The van der Waals surface area contributed by atoms with E-state index in [1.807, 2.05) is 44.2 Å². The van der Waals surface area contributed by atoms with Crippen LogP contribution < -0.4 is 15.5 Å². The van der Waals surface area contributed by atoms with Crippen molar-refractivity contribution in [3.63, 3.8) is 0 Å². The molecule has 0 aliphatic carbocycles. The lowest BCUT2D eigenvalue weighted by molar-refractivity contribution is 0.0651. The lowest BCUT2D eigenvalue weighted by Gasteiger charge is -2.16. The van der Waals surface area contributed by atoms with Gasteiger partial charge < -0.3 is 15.4 Å². The van der Waals surface area contributed by atoms with Gasteiger partial charge in [-0.05, 0) is 43.2 Å². The topological polar surface area (TPSA) is 70.7 Å². The van der Waals surface area contributed by atoms with Crippen LogP contribution in [0.5, 0.6) is 0 Å². The monoisotopic (exact) mass is 367 g/mol. The number of nitrogens with zero attached hydrogens (tertiary/aromatic N) is 1. The Balaban J connectivity index is 1.66. The number of rotatable bonds is 7. The van der Waals surface area contributed by atoms with E-state index in [-0.39, 0.29) is 18.0 Å². The van der Waals surface area contributed by atoms with Gasteiger partial charge in [0.15, 0.2) is 0 Å². The highest BCUT2D eigenvalue weighted by atomic mass is 16.5. The van der Waals surface area contributed by atoms with Gasteiger partial charge in [-0.25, -0.2) is 4.79 Å². The molecule has 0 bridgehead atoms. The molecule has 6 heteroatoms. The van der Waals surface area contributed by atoms with Gasteiger partial charge in [-0.3, -0.25) is 9.69 Å².